The molecule has 4 nitrogen and oxygen atoms in total. The summed E-state index contributed by atoms with van der Waals surface area (Å²) < 4.78 is 10.6. The first-order valence-electron chi connectivity index (χ1n) is 6.09. The van der Waals surface area contributed by atoms with Crippen LogP contribution in [0.15, 0.2) is 0 Å². The first-order valence-corrected chi connectivity index (χ1v) is 6.09. The summed E-state index contributed by atoms with van der Waals surface area (Å²) in [6, 6.07) is 0.388. The number of aliphatic hydroxyl groups is 1. The van der Waals surface area contributed by atoms with Gasteiger partial charge < -0.3 is 14.6 Å². The van der Waals surface area contributed by atoms with Crippen LogP contribution in [0.5, 0.6) is 0 Å². The molecule has 0 amide bonds. The second-order valence-corrected chi connectivity index (χ2v) is 4.83. The number of likely N-dealkylation sites (N-methyl/N-ethyl adjacent to an activating group) is 1. The number of hydrogen-bond acceptors (Lipinski definition) is 4. The van der Waals surface area contributed by atoms with E-state index in [0.29, 0.717) is 12.6 Å². The summed E-state index contributed by atoms with van der Waals surface area (Å²) in [6.45, 7) is 8.58. The van der Waals surface area contributed by atoms with E-state index in [1.54, 1.807) is 7.11 Å². The molecule has 2 unspecified atom stereocenters. The molecule has 1 aliphatic heterocycles. The summed E-state index contributed by atoms with van der Waals surface area (Å²) in [4.78, 5) is 2.36. The van der Waals surface area contributed by atoms with Crippen molar-refractivity contribution in [1.82, 2.24) is 4.90 Å². The Hall–Kier alpha value is -0.160. The number of aliphatic hydroxyl groups excluding tert-OH is 1. The summed E-state index contributed by atoms with van der Waals surface area (Å²) in [5.74, 6) is 0. The third kappa shape index (κ3) is 3.42. The molecule has 0 aliphatic carbocycles. The zero-order chi connectivity index (χ0) is 12.0. The molecule has 1 N–H and O–H groups in total. The summed E-state index contributed by atoms with van der Waals surface area (Å²) in [6.07, 6.45) is 0.958. The molecule has 0 spiro atoms. The lowest BCUT2D eigenvalue weighted by Gasteiger charge is -2.35. The van der Waals surface area contributed by atoms with Crippen LogP contribution in [0.4, 0.5) is 0 Å². The second kappa shape index (κ2) is 6.55. The Bertz CT molecular complexity index is 193. The van der Waals surface area contributed by atoms with Gasteiger partial charge in [-0.05, 0) is 19.9 Å². The van der Waals surface area contributed by atoms with Gasteiger partial charge in [0, 0.05) is 31.7 Å². The van der Waals surface area contributed by atoms with Crippen molar-refractivity contribution in [2.24, 2.45) is 5.41 Å². The van der Waals surface area contributed by atoms with Gasteiger partial charge in [0.1, 0.15) is 0 Å². The van der Waals surface area contributed by atoms with Gasteiger partial charge in [-0.15, -0.1) is 0 Å². The lowest BCUT2D eigenvalue weighted by Crippen LogP contribution is -2.46. The standard InChI is InChI=1S/C12H25NO3/c1-4-13(11(2)7-15-3)8-12(9-14)5-6-16-10-12/h11,14H,4-10H2,1-3H3. The molecule has 1 fully saturated rings. The third-order valence-electron chi connectivity index (χ3n) is 3.50. The number of rotatable bonds is 7. The average molecular weight is 231 g/mol. The number of ether oxygens (including phenoxy) is 2. The fourth-order valence-electron chi connectivity index (χ4n) is 2.31. The SMILES string of the molecule is CCN(CC1(CO)CCOC1)C(C)COC. The van der Waals surface area contributed by atoms with E-state index >= 15 is 0 Å². The number of nitrogens with zero attached hydrogens (tertiary/aromatic N) is 1. The Morgan fingerprint density at radius 2 is 2.31 bits per heavy atom. The Morgan fingerprint density at radius 3 is 2.75 bits per heavy atom. The van der Waals surface area contributed by atoms with Gasteiger partial charge in [0.2, 0.25) is 0 Å². The fraction of sp³-hybridized carbons (Fsp3) is 1.00. The molecule has 96 valence electrons. The zero-order valence-corrected chi connectivity index (χ0v) is 10.7. The summed E-state index contributed by atoms with van der Waals surface area (Å²) in [5.41, 5.74) is -0.0575. The number of hydrogen-bond donors (Lipinski definition) is 1. The zero-order valence-electron chi connectivity index (χ0n) is 10.7. The predicted molar refractivity (Wildman–Crippen MR) is 63.5 cm³/mol. The molecule has 0 aromatic heterocycles. The smallest absolute Gasteiger partial charge is 0.0615 e. The highest BCUT2D eigenvalue weighted by Gasteiger charge is 2.36. The van der Waals surface area contributed by atoms with E-state index in [0.717, 1.165) is 32.7 Å². The van der Waals surface area contributed by atoms with Crippen LogP contribution in [0.2, 0.25) is 0 Å². The average Bonchev–Trinajstić information content (AvgIpc) is 2.75. The van der Waals surface area contributed by atoms with Gasteiger partial charge in [-0.2, -0.15) is 0 Å². The molecule has 1 heterocycles. The van der Waals surface area contributed by atoms with Crippen LogP contribution in [-0.4, -0.2) is 62.7 Å². The van der Waals surface area contributed by atoms with E-state index in [1.807, 2.05) is 0 Å². The quantitative estimate of drug-likeness (QED) is 0.702. The van der Waals surface area contributed by atoms with E-state index in [9.17, 15) is 5.11 Å². The summed E-state index contributed by atoms with van der Waals surface area (Å²) in [7, 11) is 1.73. The molecule has 0 bridgehead atoms. The maximum atomic E-state index is 9.53. The molecule has 1 aliphatic rings. The predicted octanol–water partition coefficient (Wildman–Crippen LogP) is 0.742. The molecule has 1 rings (SSSR count). The Morgan fingerprint density at radius 1 is 1.56 bits per heavy atom. The Labute approximate surface area is 98.5 Å². The van der Waals surface area contributed by atoms with Crippen LogP contribution in [-0.2, 0) is 9.47 Å². The minimum Gasteiger partial charge on any atom is -0.396 e. The van der Waals surface area contributed by atoms with Gasteiger partial charge >= 0.3 is 0 Å². The molecule has 4 heteroatoms. The van der Waals surface area contributed by atoms with Crippen LogP contribution in [0.1, 0.15) is 20.3 Å². The van der Waals surface area contributed by atoms with Crippen molar-refractivity contribution < 1.29 is 14.6 Å². The van der Waals surface area contributed by atoms with Crippen molar-refractivity contribution in [3.05, 3.63) is 0 Å². The van der Waals surface area contributed by atoms with E-state index in [2.05, 4.69) is 18.7 Å². The normalized spacial score (nSPS) is 27.6. The van der Waals surface area contributed by atoms with Crippen molar-refractivity contribution in [1.29, 1.82) is 0 Å². The van der Waals surface area contributed by atoms with Gasteiger partial charge in [0.25, 0.3) is 0 Å². The van der Waals surface area contributed by atoms with Crippen LogP contribution >= 0.6 is 0 Å². The van der Waals surface area contributed by atoms with Gasteiger partial charge in [-0.3, -0.25) is 4.90 Å². The first kappa shape index (κ1) is 13.9. The van der Waals surface area contributed by atoms with E-state index in [4.69, 9.17) is 9.47 Å². The van der Waals surface area contributed by atoms with Crippen LogP contribution in [0.25, 0.3) is 0 Å². The lowest BCUT2D eigenvalue weighted by atomic mass is 9.87. The van der Waals surface area contributed by atoms with Gasteiger partial charge in [-0.25, -0.2) is 0 Å². The van der Waals surface area contributed by atoms with E-state index in [-0.39, 0.29) is 12.0 Å². The molecule has 1 saturated heterocycles. The molecular formula is C12H25NO3. The van der Waals surface area contributed by atoms with Crippen LogP contribution in [0, 0.1) is 5.41 Å². The van der Waals surface area contributed by atoms with Crippen LogP contribution < -0.4 is 0 Å². The van der Waals surface area contributed by atoms with Gasteiger partial charge in [-0.1, -0.05) is 6.92 Å². The van der Waals surface area contributed by atoms with Crippen molar-refractivity contribution in [2.45, 2.75) is 26.3 Å². The summed E-state index contributed by atoms with van der Waals surface area (Å²) >= 11 is 0. The van der Waals surface area contributed by atoms with Crippen molar-refractivity contribution in [3.63, 3.8) is 0 Å². The van der Waals surface area contributed by atoms with Crippen molar-refractivity contribution in [3.8, 4) is 0 Å². The van der Waals surface area contributed by atoms with E-state index < -0.39 is 0 Å². The molecule has 0 saturated carbocycles. The molecule has 0 radical (unpaired) electrons. The molecule has 2 atom stereocenters. The van der Waals surface area contributed by atoms with Gasteiger partial charge in [0.15, 0.2) is 0 Å². The maximum Gasteiger partial charge on any atom is 0.0615 e. The van der Waals surface area contributed by atoms with Crippen molar-refractivity contribution >= 4 is 0 Å². The molecule has 0 aromatic carbocycles. The highest BCUT2D eigenvalue weighted by molar-refractivity contribution is 4.87. The highest BCUT2D eigenvalue weighted by Crippen LogP contribution is 2.29. The van der Waals surface area contributed by atoms with Crippen molar-refractivity contribution in [2.75, 3.05) is 46.6 Å². The maximum absolute atomic E-state index is 9.53. The highest BCUT2D eigenvalue weighted by atomic mass is 16.5. The molecule has 16 heavy (non-hydrogen) atoms. The van der Waals surface area contributed by atoms with E-state index in [1.165, 1.54) is 0 Å². The Balaban J connectivity index is 2.53. The number of methoxy groups -OCH3 is 1. The lowest BCUT2D eigenvalue weighted by molar-refractivity contribution is 0.0277. The van der Waals surface area contributed by atoms with Crippen LogP contribution in [0.3, 0.4) is 0 Å². The second-order valence-electron chi connectivity index (χ2n) is 4.83. The summed E-state index contributed by atoms with van der Waals surface area (Å²) in [5, 5.41) is 9.53. The minimum atomic E-state index is -0.0575. The first-order chi connectivity index (χ1) is 7.67. The Kier molecular flexibility index (Phi) is 5.69. The topological polar surface area (TPSA) is 41.9 Å². The fourth-order valence-corrected chi connectivity index (χ4v) is 2.31. The minimum absolute atomic E-state index is 0.0575. The molecule has 0 aromatic rings. The third-order valence-corrected chi connectivity index (χ3v) is 3.50. The van der Waals surface area contributed by atoms with Gasteiger partial charge in [0.05, 0.1) is 19.8 Å². The molecular weight excluding hydrogens is 206 g/mol. The largest absolute Gasteiger partial charge is 0.396 e. The monoisotopic (exact) mass is 231 g/mol.